The van der Waals surface area contributed by atoms with Crippen molar-refractivity contribution < 1.29 is 23.8 Å². The Morgan fingerprint density at radius 2 is 2.11 bits per heavy atom. The van der Waals surface area contributed by atoms with Gasteiger partial charge in [0.25, 0.3) is 0 Å². The maximum Gasteiger partial charge on any atom is 0.414 e. The standard InChI is InChI=1S/C20H29N3O5/c1-12(2)10-15(18(21)24)22-20(25)28-17-8-7-14(16-4-3-9-26-16)19(23-17)27-11-13-5-6-13/h7-8,12-13,15-16H,3-6,9-11H2,1-2H3,(H2,21,24)(H,22,25)/t15-,16?/m0/s1. The molecule has 2 aliphatic rings. The number of nitrogens with one attached hydrogen (secondary N) is 1. The first-order chi connectivity index (χ1) is 13.4. The van der Waals surface area contributed by atoms with Crippen LogP contribution in [0.4, 0.5) is 4.79 Å². The number of rotatable bonds is 9. The van der Waals surface area contributed by atoms with Crippen molar-refractivity contribution in [3.8, 4) is 11.8 Å². The van der Waals surface area contributed by atoms with E-state index in [1.54, 1.807) is 6.07 Å². The van der Waals surface area contributed by atoms with Crippen LogP contribution in [0.3, 0.4) is 0 Å². The fourth-order valence-corrected chi connectivity index (χ4v) is 3.14. The molecule has 2 fully saturated rings. The SMILES string of the molecule is CC(C)C[C@H](NC(=O)Oc1ccc(C2CCCO2)c(OCC2CC2)n1)C(N)=O. The number of nitrogens with zero attached hydrogens (tertiary/aromatic N) is 1. The number of amides is 2. The van der Waals surface area contributed by atoms with Crippen LogP contribution >= 0.6 is 0 Å². The number of pyridine rings is 1. The van der Waals surface area contributed by atoms with Gasteiger partial charge in [0.1, 0.15) is 6.04 Å². The van der Waals surface area contributed by atoms with Crippen molar-refractivity contribution >= 4 is 12.0 Å². The van der Waals surface area contributed by atoms with Crippen LogP contribution in [0.5, 0.6) is 11.8 Å². The van der Waals surface area contributed by atoms with E-state index in [0.29, 0.717) is 24.8 Å². The Balaban J connectivity index is 1.67. The van der Waals surface area contributed by atoms with Gasteiger partial charge in [0.05, 0.1) is 12.7 Å². The fraction of sp³-hybridized carbons (Fsp3) is 0.650. The molecule has 2 atom stereocenters. The van der Waals surface area contributed by atoms with Gasteiger partial charge in [-0.3, -0.25) is 4.79 Å². The second-order valence-corrected chi connectivity index (χ2v) is 7.92. The molecule has 0 spiro atoms. The summed E-state index contributed by atoms with van der Waals surface area (Å²) in [4.78, 5) is 28.1. The summed E-state index contributed by atoms with van der Waals surface area (Å²) in [7, 11) is 0. The molecule has 8 nitrogen and oxygen atoms in total. The van der Waals surface area contributed by atoms with E-state index in [0.717, 1.165) is 37.9 Å². The minimum atomic E-state index is -0.788. The molecule has 1 aliphatic carbocycles. The summed E-state index contributed by atoms with van der Waals surface area (Å²) in [5.74, 6) is 0.722. The molecule has 1 saturated carbocycles. The summed E-state index contributed by atoms with van der Waals surface area (Å²) >= 11 is 0. The van der Waals surface area contributed by atoms with E-state index in [9.17, 15) is 9.59 Å². The predicted molar refractivity (Wildman–Crippen MR) is 102 cm³/mol. The monoisotopic (exact) mass is 391 g/mol. The Hall–Kier alpha value is -2.35. The molecular formula is C20H29N3O5. The van der Waals surface area contributed by atoms with Crippen LogP contribution in [-0.2, 0) is 9.53 Å². The van der Waals surface area contributed by atoms with E-state index in [2.05, 4.69) is 10.3 Å². The zero-order chi connectivity index (χ0) is 20.1. The van der Waals surface area contributed by atoms with Gasteiger partial charge in [-0.05, 0) is 50.0 Å². The van der Waals surface area contributed by atoms with Gasteiger partial charge in [0, 0.05) is 18.2 Å². The van der Waals surface area contributed by atoms with Crippen LogP contribution in [0.2, 0.25) is 0 Å². The molecule has 3 N–H and O–H groups in total. The van der Waals surface area contributed by atoms with E-state index >= 15 is 0 Å². The van der Waals surface area contributed by atoms with Gasteiger partial charge < -0.3 is 25.3 Å². The third-order valence-corrected chi connectivity index (χ3v) is 4.83. The number of primary amides is 1. The number of carbonyl (C=O) groups is 2. The highest BCUT2D eigenvalue weighted by molar-refractivity contribution is 5.84. The molecule has 1 saturated heterocycles. The van der Waals surface area contributed by atoms with Crippen molar-refractivity contribution in [1.82, 2.24) is 10.3 Å². The lowest BCUT2D eigenvalue weighted by atomic mass is 10.0. The van der Waals surface area contributed by atoms with Crippen molar-refractivity contribution in [2.24, 2.45) is 17.6 Å². The number of aromatic nitrogens is 1. The summed E-state index contributed by atoms with van der Waals surface area (Å²) in [5.41, 5.74) is 6.23. The lowest BCUT2D eigenvalue weighted by Gasteiger charge is -2.18. The molecule has 1 aromatic heterocycles. The van der Waals surface area contributed by atoms with Crippen molar-refractivity contribution in [1.29, 1.82) is 0 Å². The van der Waals surface area contributed by atoms with Gasteiger partial charge in [-0.1, -0.05) is 13.8 Å². The van der Waals surface area contributed by atoms with Gasteiger partial charge in [0.15, 0.2) is 0 Å². The van der Waals surface area contributed by atoms with Gasteiger partial charge in [0.2, 0.25) is 17.7 Å². The second-order valence-electron chi connectivity index (χ2n) is 7.92. The normalized spacial score (nSPS) is 20.0. The lowest BCUT2D eigenvalue weighted by molar-refractivity contribution is -0.120. The summed E-state index contributed by atoms with van der Waals surface area (Å²) in [6.07, 6.45) is 3.86. The molecule has 0 radical (unpaired) electrons. The molecule has 1 aliphatic heterocycles. The maximum absolute atomic E-state index is 12.2. The zero-order valence-corrected chi connectivity index (χ0v) is 16.5. The first-order valence-electron chi connectivity index (χ1n) is 9.95. The number of nitrogens with two attached hydrogens (primary N) is 1. The first kappa shape index (κ1) is 20.4. The molecule has 154 valence electrons. The lowest BCUT2D eigenvalue weighted by Crippen LogP contribution is -2.46. The Bertz CT molecular complexity index is 699. The van der Waals surface area contributed by atoms with E-state index in [1.807, 2.05) is 19.9 Å². The summed E-state index contributed by atoms with van der Waals surface area (Å²) in [5, 5.41) is 2.50. The minimum Gasteiger partial charge on any atom is -0.477 e. The summed E-state index contributed by atoms with van der Waals surface area (Å²) in [6.45, 7) is 5.20. The first-order valence-corrected chi connectivity index (χ1v) is 9.95. The summed E-state index contributed by atoms with van der Waals surface area (Å²) < 4.78 is 16.9. The Kier molecular flexibility index (Phi) is 6.72. The molecule has 0 aromatic carbocycles. The third kappa shape index (κ3) is 5.82. The maximum atomic E-state index is 12.2. The Labute approximate surface area is 165 Å². The van der Waals surface area contributed by atoms with Crippen molar-refractivity contribution in [2.45, 2.75) is 58.1 Å². The van der Waals surface area contributed by atoms with Crippen LogP contribution in [0.15, 0.2) is 12.1 Å². The Morgan fingerprint density at radius 1 is 1.32 bits per heavy atom. The van der Waals surface area contributed by atoms with E-state index in [1.165, 1.54) is 0 Å². The van der Waals surface area contributed by atoms with Crippen LogP contribution < -0.4 is 20.5 Å². The third-order valence-electron chi connectivity index (χ3n) is 4.83. The average molecular weight is 391 g/mol. The number of ether oxygens (including phenoxy) is 3. The van der Waals surface area contributed by atoms with Crippen LogP contribution in [0, 0.1) is 11.8 Å². The molecule has 1 unspecified atom stereocenters. The molecule has 2 amide bonds. The molecule has 1 aromatic rings. The predicted octanol–water partition coefficient (Wildman–Crippen LogP) is 2.71. The summed E-state index contributed by atoms with van der Waals surface area (Å²) in [6, 6.07) is 2.65. The van der Waals surface area contributed by atoms with E-state index in [4.69, 9.17) is 19.9 Å². The largest absolute Gasteiger partial charge is 0.477 e. The average Bonchev–Trinajstić information content (AvgIpc) is 3.31. The molecule has 8 heteroatoms. The highest BCUT2D eigenvalue weighted by Crippen LogP contribution is 2.36. The molecule has 3 rings (SSSR count). The Morgan fingerprint density at radius 3 is 2.71 bits per heavy atom. The van der Waals surface area contributed by atoms with Crippen LogP contribution in [0.1, 0.15) is 57.6 Å². The zero-order valence-electron chi connectivity index (χ0n) is 16.5. The number of hydrogen-bond donors (Lipinski definition) is 2. The van der Waals surface area contributed by atoms with E-state index < -0.39 is 18.0 Å². The highest BCUT2D eigenvalue weighted by Gasteiger charge is 2.27. The molecule has 2 heterocycles. The van der Waals surface area contributed by atoms with Gasteiger partial charge >= 0.3 is 6.09 Å². The second kappa shape index (κ2) is 9.23. The van der Waals surface area contributed by atoms with Gasteiger partial charge in [-0.2, -0.15) is 4.98 Å². The highest BCUT2D eigenvalue weighted by atomic mass is 16.6. The minimum absolute atomic E-state index is 0.0464. The van der Waals surface area contributed by atoms with Crippen molar-refractivity contribution in [3.05, 3.63) is 17.7 Å². The van der Waals surface area contributed by atoms with Crippen molar-refractivity contribution in [2.75, 3.05) is 13.2 Å². The quantitative estimate of drug-likeness (QED) is 0.669. The van der Waals surface area contributed by atoms with Gasteiger partial charge in [-0.25, -0.2) is 4.79 Å². The van der Waals surface area contributed by atoms with Crippen LogP contribution in [0.25, 0.3) is 0 Å². The molecule has 28 heavy (non-hydrogen) atoms. The fourth-order valence-electron chi connectivity index (χ4n) is 3.14. The number of carbonyl (C=O) groups excluding carboxylic acids is 2. The smallest absolute Gasteiger partial charge is 0.414 e. The molecular weight excluding hydrogens is 362 g/mol. The molecule has 0 bridgehead atoms. The van der Waals surface area contributed by atoms with Gasteiger partial charge in [-0.15, -0.1) is 0 Å². The number of hydrogen-bond acceptors (Lipinski definition) is 6. The topological polar surface area (TPSA) is 113 Å². The van der Waals surface area contributed by atoms with Crippen LogP contribution in [-0.4, -0.2) is 36.2 Å². The van der Waals surface area contributed by atoms with E-state index in [-0.39, 0.29) is 17.9 Å². The van der Waals surface area contributed by atoms with Crippen molar-refractivity contribution in [3.63, 3.8) is 0 Å².